The largest absolute Gasteiger partial charge is 0.335 e. The molecule has 164 valence electrons. The molecule has 0 unspecified atom stereocenters. The molecule has 1 fully saturated rings. The molecule has 6 nitrogen and oxygen atoms in total. The Morgan fingerprint density at radius 1 is 1.06 bits per heavy atom. The van der Waals surface area contributed by atoms with Crippen molar-refractivity contribution in [2.24, 2.45) is 0 Å². The molecule has 0 spiro atoms. The van der Waals surface area contributed by atoms with E-state index in [4.69, 9.17) is 11.6 Å². The van der Waals surface area contributed by atoms with Gasteiger partial charge in [-0.25, -0.2) is 0 Å². The number of fused-ring (bicyclic) bond motifs is 1. The van der Waals surface area contributed by atoms with Crippen LogP contribution in [0.15, 0.2) is 54.9 Å². The fourth-order valence-corrected chi connectivity index (χ4v) is 5.45. The maximum Gasteiger partial charge on any atom is 0.264 e. The number of pyridine rings is 1. The number of amides is 1. The van der Waals surface area contributed by atoms with E-state index in [1.165, 1.54) is 16.9 Å². The van der Waals surface area contributed by atoms with Crippen LogP contribution in [0.3, 0.4) is 0 Å². The standard InChI is InChI=1S/C24H24ClN5OS/c1-17-20-14-22(32-24(20)30(27-17)16-19-4-2-3-5-21(19)25)23(31)29-12-10-28(11-13-29)15-18-6-8-26-9-7-18/h2-9,14H,10-13,15-16H2,1H3. The summed E-state index contributed by atoms with van der Waals surface area (Å²) in [6, 6.07) is 13.9. The summed E-state index contributed by atoms with van der Waals surface area (Å²) in [5, 5.41) is 6.45. The number of aromatic nitrogens is 3. The summed E-state index contributed by atoms with van der Waals surface area (Å²) < 4.78 is 1.96. The molecule has 0 saturated carbocycles. The number of aryl methyl sites for hydroxylation is 1. The van der Waals surface area contributed by atoms with Gasteiger partial charge < -0.3 is 4.90 Å². The van der Waals surface area contributed by atoms with Crippen LogP contribution in [0.25, 0.3) is 10.2 Å². The number of nitrogens with zero attached hydrogens (tertiary/aromatic N) is 5. The van der Waals surface area contributed by atoms with E-state index in [0.29, 0.717) is 6.54 Å². The summed E-state index contributed by atoms with van der Waals surface area (Å²) in [6.07, 6.45) is 3.65. The minimum Gasteiger partial charge on any atom is -0.335 e. The molecule has 5 rings (SSSR count). The highest BCUT2D eigenvalue weighted by Gasteiger charge is 2.25. The summed E-state index contributed by atoms with van der Waals surface area (Å²) in [6.45, 7) is 6.70. The number of carbonyl (C=O) groups is 1. The van der Waals surface area contributed by atoms with Crippen molar-refractivity contribution < 1.29 is 4.79 Å². The Bertz CT molecular complexity index is 1240. The number of carbonyl (C=O) groups excluding carboxylic acids is 1. The fraction of sp³-hybridized carbons (Fsp3) is 0.292. The Morgan fingerprint density at radius 3 is 2.56 bits per heavy atom. The van der Waals surface area contributed by atoms with Crippen LogP contribution in [0.1, 0.15) is 26.5 Å². The van der Waals surface area contributed by atoms with E-state index >= 15 is 0 Å². The molecule has 1 saturated heterocycles. The van der Waals surface area contributed by atoms with Crippen LogP contribution in [-0.2, 0) is 13.1 Å². The molecule has 1 aliphatic heterocycles. The van der Waals surface area contributed by atoms with Crippen molar-refractivity contribution in [1.82, 2.24) is 24.6 Å². The van der Waals surface area contributed by atoms with Crippen molar-refractivity contribution in [3.8, 4) is 0 Å². The highest BCUT2D eigenvalue weighted by Crippen LogP contribution is 2.30. The minimum absolute atomic E-state index is 0.110. The van der Waals surface area contributed by atoms with Crippen LogP contribution >= 0.6 is 22.9 Å². The summed E-state index contributed by atoms with van der Waals surface area (Å²) in [4.78, 5) is 23.4. The molecule has 3 aromatic heterocycles. The van der Waals surface area contributed by atoms with E-state index in [9.17, 15) is 4.79 Å². The lowest BCUT2D eigenvalue weighted by Gasteiger charge is -2.34. The summed E-state index contributed by atoms with van der Waals surface area (Å²) in [5.41, 5.74) is 3.21. The first-order valence-electron chi connectivity index (χ1n) is 10.7. The van der Waals surface area contributed by atoms with E-state index in [0.717, 1.165) is 64.1 Å². The normalized spacial score (nSPS) is 14.9. The molecule has 32 heavy (non-hydrogen) atoms. The Hall–Kier alpha value is -2.74. The Kier molecular flexibility index (Phi) is 5.95. The van der Waals surface area contributed by atoms with Gasteiger partial charge in [0.15, 0.2) is 0 Å². The monoisotopic (exact) mass is 465 g/mol. The maximum absolute atomic E-state index is 13.2. The number of halogens is 1. The first-order valence-corrected chi connectivity index (χ1v) is 11.9. The lowest BCUT2D eigenvalue weighted by molar-refractivity contribution is 0.0633. The molecule has 1 aromatic carbocycles. The second-order valence-corrected chi connectivity index (χ2v) is 9.53. The Labute approximate surface area is 196 Å². The molecule has 1 amide bonds. The van der Waals surface area contributed by atoms with E-state index in [1.54, 1.807) is 0 Å². The summed E-state index contributed by atoms with van der Waals surface area (Å²) >= 11 is 7.87. The quantitative estimate of drug-likeness (QED) is 0.436. The van der Waals surface area contributed by atoms with Gasteiger partial charge in [0.1, 0.15) is 4.83 Å². The zero-order valence-electron chi connectivity index (χ0n) is 17.9. The van der Waals surface area contributed by atoms with Crippen LogP contribution in [0.2, 0.25) is 5.02 Å². The second kappa shape index (κ2) is 9.02. The number of thiophene rings is 1. The average molecular weight is 466 g/mol. The van der Waals surface area contributed by atoms with E-state index in [-0.39, 0.29) is 5.91 Å². The van der Waals surface area contributed by atoms with Gasteiger partial charge in [-0.15, -0.1) is 11.3 Å². The van der Waals surface area contributed by atoms with E-state index in [2.05, 4.69) is 15.0 Å². The van der Waals surface area contributed by atoms with Crippen LogP contribution in [0, 0.1) is 6.92 Å². The topological polar surface area (TPSA) is 54.3 Å². The number of hydrogen-bond donors (Lipinski definition) is 0. The maximum atomic E-state index is 13.2. The average Bonchev–Trinajstić information content (AvgIpc) is 3.37. The first kappa shape index (κ1) is 21.1. The third-order valence-electron chi connectivity index (χ3n) is 5.91. The first-order chi connectivity index (χ1) is 15.6. The molecule has 0 N–H and O–H groups in total. The Morgan fingerprint density at radius 2 is 1.81 bits per heavy atom. The van der Waals surface area contributed by atoms with Gasteiger partial charge in [0, 0.05) is 55.5 Å². The fourth-order valence-electron chi connectivity index (χ4n) is 4.12. The molecule has 0 radical (unpaired) electrons. The molecule has 4 aromatic rings. The molecule has 1 aliphatic rings. The van der Waals surface area contributed by atoms with Crippen LogP contribution in [-0.4, -0.2) is 56.7 Å². The van der Waals surface area contributed by atoms with Crippen molar-refractivity contribution in [3.63, 3.8) is 0 Å². The van der Waals surface area contributed by atoms with Gasteiger partial charge in [-0.05, 0) is 42.3 Å². The molecular formula is C24H24ClN5OS. The van der Waals surface area contributed by atoms with Crippen LogP contribution in [0.5, 0.6) is 0 Å². The predicted octanol–water partition coefficient (Wildman–Crippen LogP) is 4.46. The smallest absolute Gasteiger partial charge is 0.264 e. The van der Waals surface area contributed by atoms with Gasteiger partial charge in [0.05, 0.1) is 17.1 Å². The van der Waals surface area contributed by atoms with Crippen molar-refractivity contribution >= 4 is 39.1 Å². The number of piperazine rings is 1. The van der Waals surface area contributed by atoms with Gasteiger partial charge in [0.2, 0.25) is 0 Å². The lowest BCUT2D eigenvalue weighted by atomic mass is 10.2. The lowest BCUT2D eigenvalue weighted by Crippen LogP contribution is -2.48. The molecule has 8 heteroatoms. The van der Waals surface area contributed by atoms with Crippen molar-refractivity contribution in [3.05, 3.63) is 81.6 Å². The van der Waals surface area contributed by atoms with Crippen molar-refractivity contribution in [2.75, 3.05) is 26.2 Å². The zero-order valence-corrected chi connectivity index (χ0v) is 19.4. The highest BCUT2D eigenvalue weighted by molar-refractivity contribution is 7.20. The van der Waals surface area contributed by atoms with Crippen LogP contribution < -0.4 is 0 Å². The van der Waals surface area contributed by atoms with Gasteiger partial charge in [-0.1, -0.05) is 29.8 Å². The molecule has 0 aliphatic carbocycles. The molecule has 0 atom stereocenters. The van der Waals surface area contributed by atoms with Gasteiger partial charge in [-0.2, -0.15) is 5.10 Å². The minimum atomic E-state index is 0.110. The third kappa shape index (κ3) is 4.28. The third-order valence-corrected chi connectivity index (χ3v) is 7.42. The molecule has 4 heterocycles. The summed E-state index contributed by atoms with van der Waals surface area (Å²) in [5.74, 6) is 0.110. The van der Waals surface area contributed by atoms with Crippen molar-refractivity contribution in [1.29, 1.82) is 0 Å². The van der Waals surface area contributed by atoms with Gasteiger partial charge >= 0.3 is 0 Å². The predicted molar refractivity (Wildman–Crippen MR) is 128 cm³/mol. The SMILES string of the molecule is Cc1nn(Cc2ccccc2Cl)c2sc(C(=O)N3CCN(Cc4ccncc4)CC3)cc12. The summed E-state index contributed by atoms with van der Waals surface area (Å²) in [7, 11) is 0. The number of rotatable bonds is 5. The zero-order chi connectivity index (χ0) is 22.1. The Balaban J connectivity index is 1.29. The molecular weight excluding hydrogens is 442 g/mol. The molecule has 0 bridgehead atoms. The van der Waals surface area contributed by atoms with E-state index in [1.807, 2.05) is 71.4 Å². The van der Waals surface area contributed by atoms with E-state index < -0.39 is 0 Å². The highest BCUT2D eigenvalue weighted by atomic mass is 35.5. The number of benzene rings is 1. The van der Waals surface area contributed by atoms with Gasteiger partial charge in [0.25, 0.3) is 5.91 Å². The second-order valence-electron chi connectivity index (χ2n) is 8.09. The number of hydrogen-bond acceptors (Lipinski definition) is 5. The van der Waals surface area contributed by atoms with Crippen LogP contribution in [0.4, 0.5) is 0 Å². The van der Waals surface area contributed by atoms with Crippen molar-refractivity contribution in [2.45, 2.75) is 20.0 Å². The van der Waals surface area contributed by atoms with Gasteiger partial charge in [-0.3, -0.25) is 19.4 Å².